The Bertz CT molecular complexity index is 1190. The maximum Gasteiger partial charge on any atom is 0.269 e. The number of nitrogens with zero attached hydrogens (tertiary/aromatic N) is 6. The van der Waals surface area contributed by atoms with Crippen LogP contribution in [0.1, 0.15) is 30.4 Å². The molecule has 2 aromatic heterocycles. The summed E-state index contributed by atoms with van der Waals surface area (Å²) in [5.74, 6) is 0.920. The van der Waals surface area contributed by atoms with Gasteiger partial charge in [0.15, 0.2) is 0 Å². The quantitative estimate of drug-likeness (QED) is 0.580. The van der Waals surface area contributed by atoms with Gasteiger partial charge in [-0.15, -0.1) is 0 Å². The number of piperidine rings is 1. The number of amides is 1. The van der Waals surface area contributed by atoms with Gasteiger partial charge in [-0.25, -0.2) is 10.1 Å². The van der Waals surface area contributed by atoms with Gasteiger partial charge in [-0.1, -0.05) is 0 Å². The highest BCUT2D eigenvalue weighted by atomic mass is 16.5. The van der Waals surface area contributed by atoms with Crippen molar-refractivity contribution in [3.63, 3.8) is 0 Å². The van der Waals surface area contributed by atoms with Crippen molar-refractivity contribution in [1.82, 2.24) is 25.4 Å². The molecule has 3 aliphatic rings. The van der Waals surface area contributed by atoms with Gasteiger partial charge >= 0.3 is 0 Å². The lowest BCUT2D eigenvalue weighted by molar-refractivity contribution is -0.138. The Morgan fingerprint density at radius 1 is 1.19 bits per heavy atom. The molecule has 196 valence electrons. The van der Waals surface area contributed by atoms with E-state index in [4.69, 9.17) is 10.00 Å². The summed E-state index contributed by atoms with van der Waals surface area (Å²) in [6.07, 6.45) is 6.06. The lowest BCUT2D eigenvalue weighted by Gasteiger charge is -2.39. The number of nitriles is 1. The number of aromatic amines is 1. The number of anilines is 2. The molecule has 3 saturated heterocycles. The van der Waals surface area contributed by atoms with E-state index < -0.39 is 0 Å². The number of pyridine rings is 1. The lowest BCUT2D eigenvalue weighted by Crippen LogP contribution is -2.54. The Morgan fingerprint density at radius 3 is 2.78 bits per heavy atom. The zero-order valence-corrected chi connectivity index (χ0v) is 21.2. The van der Waals surface area contributed by atoms with Crippen LogP contribution in [0.25, 0.3) is 0 Å². The molecule has 0 aromatic carbocycles. The molecule has 11 nitrogen and oxygen atoms in total. The van der Waals surface area contributed by atoms with Crippen LogP contribution in [0, 0.1) is 24.2 Å². The van der Waals surface area contributed by atoms with Crippen molar-refractivity contribution in [3.05, 3.63) is 46.0 Å². The third-order valence-corrected chi connectivity index (χ3v) is 7.74. The standard InChI is InChI=1S/C26H34N8O3/c1-18-23(16-30-31-25(18)35)34-6-2-3-21(34)17-37-22-11-20(14-28-15-22)26(36)33-9-7-32(8-10-33)24-5-4-19(12-27)13-29-24/h4-5,13,16,20-22,28H,2-3,6-11,14-15,17H2,1H3,(H,31,35)/t20-,21-,22-/m0/s1. The zero-order chi connectivity index (χ0) is 25.8. The van der Waals surface area contributed by atoms with Crippen LogP contribution >= 0.6 is 0 Å². The Balaban J connectivity index is 1.12. The summed E-state index contributed by atoms with van der Waals surface area (Å²) in [7, 11) is 0. The molecule has 0 unspecified atom stereocenters. The average Bonchev–Trinajstić information content (AvgIpc) is 3.42. The second-order valence-electron chi connectivity index (χ2n) is 10.1. The van der Waals surface area contributed by atoms with Gasteiger partial charge in [-0.05, 0) is 38.3 Å². The van der Waals surface area contributed by atoms with Crippen LogP contribution in [-0.4, -0.2) is 90.6 Å². The maximum absolute atomic E-state index is 13.3. The summed E-state index contributed by atoms with van der Waals surface area (Å²) in [5, 5.41) is 18.8. The predicted octanol–water partition coefficient (Wildman–Crippen LogP) is 0.657. The molecule has 2 N–H and O–H groups in total. The molecule has 3 aliphatic heterocycles. The minimum atomic E-state index is -0.157. The highest BCUT2D eigenvalue weighted by molar-refractivity contribution is 5.79. The van der Waals surface area contributed by atoms with Gasteiger partial charge in [0.2, 0.25) is 5.91 Å². The third-order valence-electron chi connectivity index (χ3n) is 7.74. The summed E-state index contributed by atoms with van der Waals surface area (Å²) in [6.45, 7) is 7.44. The predicted molar refractivity (Wildman–Crippen MR) is 138 cm³/mol. The van der Waals surface area contributed by atoms with Gasteiger partial charge in [0.25, 0.3) is 5.56 Å². The molecule has 3 atom stereocenters. The maximum atomic E-state index is 13.3. The number of carbonyl (C=O) groups excluding carboxylic acids is 1. The van der Waals surface area contributed by atoms with Gasteiger partial charge in [0, 0.05) is 57.6 Å². The minimum Gasteiger partial charge on any atom is -0.375 e. The first kappa shape index (κ1) is 25.2. The van der Waals surface area contributed by atoms with E-state index in [1.807, 2.05) is 17.9 Å². The summed E-state index contributed by atoms with van der Waals surface area (Å²) in [5.41, 5.74) is 1.94. The Hall–Kier alpha value is -3.49. The van der Waals surface area contributed by atoms with Crippen molar-refractivity contribution in [2.24, 2.45) is 5.92 Å². The molecule has 0 aliphatic carbocycles. The first-order valence-corrected chi connectivity index (χ1v) is 13.1. The summed E-state index contributed by atoms with van der Waals surface area (Å²) < 4.78 is 6.33. The number of carbonyl (C=O) groups is 1. The minimum absolute atomic E-state index is 0.0207. The number of ether oxygens (including phenoxy) is 1. The highest BCUT2D eigenvalue weighted by Crippen LogP contribution is 2.27. The monoisotopic (exact) mass is 506 g/mol. The topological polar surface area (TPSA) is 130 Å². The van der Waals surface area contributed by atoms with Crippen molar-refractivity contribution in [3.8, 4) is 6.07 Å². The van der Waals surface area contributed by atoms with Crippen LogP contribution in [0.15, 0.2) is 29.3 Å². The van der Waals surface area contributed by atoms with E-state index in [1.165, 1.54) is 0 Å². The van der Waals surface area contributed by atoms with E-state index in [9.17, 15) is 9.59 Å². The fourth-order valence-electron chi connectivity index (χ4n) is 5.58. The molecular weight excluding hydrogens is 472 g/mol. The van der Waals surface area contributed by atoms with Crippen molar-refractivity contribution in [2.75, 3.05) is 62.2 Å². The number of hydrogen-bond acceptors (Lipinski definition) is 9. The number of aromatic nitrogens is 3. The first-order valence-electron chi connectivity index (χ1n) is 13.1. The van der Waals surface area contributed by atoms with E-state index in [-0.39, 0.29) is 29.5 Å². The normalized spacial score (nSPS) is 24.2. The molecule has 2 aromatic rings. The fraction of sp³-hybridized carbons (Fsp3) is 0.577. The second kappa shape index (κ2) is 11.3. The van der Waals surface area contributed by atoms with Gasteiger partial charge < -0.3 is 24.8 Å². The molecule has 3 fully saturated rings. The molecule has 0 bridgehead atoms. The lowest BCUT2D eigenvalue weighted by atomic mass is 9.95. The largest absolute Gasteiger partial charge is 0.375 e. The molecule has 1 amide bonds. The summed E-state index contributed by atoms with van der Waals surface area (Å²) in [6, 6.07) is 5.92. The van der Waals surface area contributed by atoms with Gasteiger partial charge in [-0.2, -0.15) is 10.4 Å². The van der Waals surface area contributed by atoms with Gasteiger partial charge in [0.05, 0.1) is 42.1 Å². The summed E-state index contributed by atoms with van der Waals surface area (Å²) in [4.78, 5) is 36.0. The van der Waals surface area contributed by atoms with Crippen molar-refractivity contribution in [2.45, 2.75) is 38.3 Å². The molecule has 0 spiro atoms. The van der Waals surface area contributed by atoms with Crippen molar-refractivity contribution < 1.29 is 9.53 Å². The highest BCUT2D eigenvalue weighted by Gasteiger charge is 2.34. The molecule has 37 heavy (non-hydrogen) atoms. The number of hydrogen-bond donors (Lipinski definition) is 2. The van der Waals surface area contributed by atoms with Crippen LogP contribution in [-0.2, 0) is 9.53 Å². The van der Waals surface area contributed by atoms with Crippen molar-refractivity contribution >= 4 is 17.4 Å². The molecule has 0 saturated carbocycles. The smallest absolute Gasteiger partial charge is 0.269 e. The number of H-pyrrole nitrogens is 1. The van der Waals surface area contributed by atoms with Gasteiger partial charge in [0.1, 0.15) is 11.9 Å². The van der Waals surface area contributed by atoms with E-state index in [2.05, 4.69) is 36.4 Å². The van der Waals surface area contributed by atoms with E-state index >= 15 is 0 Å². The van der Waals surface area contributed by atoms with Crippen LogP contribution in [0.2, 0.25) is 0 Å². The molecule has 5 rings (SSSR count). The first-order chi connectivity index (χ1) is 18.0. The average molecular weight is 507 g/mol. The number of nitrogens with one attached hydrogen (secondary N) is 2. The van der Waals surface area contributed by atoms with Crippen LogP contribution < -0.4 is 20.7 Å². The molecule has 11 heteroatoms. The number of piperazine rings is 1. The van der Waals surface area contributed by atoms with Crippen LogP contribution in [0.4, 0.5) is 11.5 Å². The van der Waals surface area contributed by atoms with Crippen molar-refractivity contribution in [1.29, 1.82) is 5.26 Å². The number of rotatable bonds is 6. The van der Waals surface area contributed by atoms with E-state index in [0.29, 0.717) is 43.8 Å². The zero-order valence-electron chi connectivity index (χ0n) is 21.2. The molecular formula is C26H34N8O3. The van der Waals surface area contributed by atoms with E-state index in [1.54, 1.807) is 18.5 Å². The second-order valence-corrected chi connectivity index (χ2v) is 10.1. The third kappa shape index (κ3) is 5.60. The SMILES string of the molecule is Cc1c(N2CCC[C@H]2CO[C@@H]2CNC[C@@H](C(=O)N3CCN(c4ccc(C#N)cn4)CC3)C2)cn[nH]c1=O. The van der Waals surface area contributed by atoms with Crippen LogP contribution in [0.3, 0.4) is 0 Å². The van der Waals surface area contributed by atoms with Crippen LogP contribution in [0.5, 0.6) is 0 Å². The Morgan fingerprint density at radius 2 is 2.03 bits per heavy atom. The molecule has 0 radical (unpaired) electrons. The Kier molecular flexibility index (Phi) is 7.67. The fourth-order valence-corrected chi connectivity index (χ4v) is 5.58. The summed E-state index contributed by atoms with van der Waals surface area (Å²) >= 11 is 0. The van der Waals surface area contributed by atoms with Gasteiger partial charge in [-0.3, -0.25) is 9.59 Å². The molecule has 5 heterocycles. The van der Waals surface area contributed by atoms with E-state index in [0.717, 1.165) is 50.5 Å². The Labute approximate surface area is 216 Å².